The number of hydrogen-bond donors (Lipinski definition) is 1. The van der Waals surface area contributed by atoms with E-state index in [1.807, 2.05) is 0 Å². The highest BCUT2D eigenvalue weighted by molar-refractivity contribution is 5.87. The van der Waals surface area contributed by atoms with Gasteiger partial charge < -0.3 is 15.0 Å². The molecular formula is C10H9N3O2. The van der Waals surface area contributed by atoms with Crippen LogP contribution in [0.2, 0.25) is 0 Å². The van der Waals surface area contributed by atoms with Crippen LogP contribution >= 0.6 is 0 Å². The van der Waals surface area contributed by atoms with E-state index in [-0.39, 0.29) is 0 Å². The van der Waals surface area contributed by atoms with E-state index in [4.69, 9.17) is 20.3 Å². The van der Waals surface area contributed by atoms with Crippen LogP contribution in [-0.2, 0) is 0 Å². The topological polar surface area (TPSA) is 85.1 Å². The van der Waals surface area contributed by atoms with Crippen LogP contribution in [0.4, 0.5) is 0 Å². The maximum absolute atomic E-state index is 8.90. The Morgan fingerprint density at radius 1 is 1.53 bits per heavy atom. The summed E-state index contributed by atoms with van der Waals surface area (Å²) in [6.07, 6.45) is 0. The number of ether oxygens (including phenoxy) is 1. The van der Waals surface area contributed by atoms with Gasteiger partial charge in [-0.25, -0.2) is 0 Å². The highest BCUT2D eigenvalue weighted by atomic mass is 16.5. The molecule has 1 heterocycles. The number of hydrogen-bond acceptors (Lipinski definition) is 5. The third kappa shape index (κ3) is 1.63. The minimum atomic E-state index is 0.326. The fraction of sp³-hybridized carbons (Fsp3) is 0.200. The summed E-state index contributed by atoms with van der Waals surface area (Å²) in [5.41, 5.74) is 6.34. The highest BCUT2D eigenvalue weighted by Crippen LogP contribution is 2.27. The number of rotatable bonds is 3. The Bertz CT molecular complexity index is 513. The summed E-state index contributed by atoms with van der Waals surface area (Å²) in [6, 6.07) is 7.22. The van der Waals surface area contributed by atoms with Gasteiger partial charge >= 0.3 is 0 Å². The van der Waals surface area contributed by atoms with Crippen LogP contribution in [0.5, 0.6) is 5.88 Å². The summed E-state index contributed by atoms with van der Waals surface area (Å²) in [7, 11) is 0. The standard InChI is InChI=1S/C10H9N3O2/c11-4-5-14-10-9-7(6-12)2-1-3-8(9)15-13-10/h1-3H,4-5,11H2. The van der Waals surface area contributed by atoms with Crippen LogP contribution in [0.1, 0.15) is 5.56 Å². The van der Waals surface area contributed by atoms with E-state index in [0.29, 0.717) is 35.6 Å². The predicted molar refractivity (Wildman–Crippen MR) is 53.3 cm³/mol. The van der Waals surface area contributed by atoms with E-state index < -0.39 is 0 Å². The first-order chi connectivity index (χ1) is 7.36. The number of benzene rings is 1. The van der Waals surface area contributed by atoms with E-state index in [2.05, 4.69) is 11.2 Å². The van der Waals surface area contributed by atoms with Crippen molar-refractivity contribution >= 4 is 11.0 Å². The van der Waals surface area contributed by atoms with Gasteiger partial charge in [0.2, 0.25) is 0 Å². The van der Waals surface area contributed by atoms with Gasteiger partial charge in [0, 0.05) is 6.54 Å². The van der Waals surface area contributed by atoms with Gasteiger partial charge in [-0.2, -0.15) is 5.26 Å². The molecule has 0 fully saturated rings. The summed E-state index contributed by atoms with van der Waals surface area (Å²) in [6.45, 7) is 0.741. The van der Waals surface area contributed by atoms with E-state index in [9.17, 15) is 0 Å². The van der Waals surface area contributed by atoms with Crippen molar-refractivity contribution in [2.75, 3.05) is 13.2 Å². The Balaban J connectivity index is 2.52. The molecule has 2 rings (SSSR count). The molecule has 0 saturated carbocycles. The van der Waals surface area contributed by atoms with Gasteiger partial charge in [0.1, 0.15) is 18.1 Å². The lowest BCUT2D eigenvalue weighted by atomic mass is 10.1. The van der Waals surface area contributed by atoms with Crippen molar-refractivity contribution in [3.05, 3.63) is 23.8 Å². The SMILES string of the molecule is N#Cc1cccc2onc(OCCN)c12. The third-order valence-electron chi connectivity index (χ3n) is 1.94. The zero-order valence-electron chi connectivity index (χ0n) is 7.93. The van der Waals surface area contributed by atoms with Crippen molar-refractivity contribution in [1.82, 2.24) is 5.16 Å². The number of aromatic nitrogens is 1. The summed E-state index contributed by atoms with van der Waals surface area (Å²) >= 11 is 0. The lowest BCUT2D eigenvalue weighted by Gasteiger charge is -1.99. The maximum atomic E-state index is 8.90. The third-order valence-corrected chi connectivity index (χ3v) is 1.94. The van der Waals surface area contributed by atoms with E-state index in [1.54, 1.807) is 18.2 Å². The van der Waals surface area contributed by atoms with Crippen molar-refractivity contribution in [3.8, 4) is 11.9 Å². The number of fused-ring (bicyclic) bond motifs is 1. The maximum Gasteiger partial charge on any atom is 0.263 e. The monoisotopic (exact) mass is 203 g/mol. The molecule has 15 heavy (non-hydrogen) atoms. The molecule has 0 aliphatic heterocycles. The molecule has 5 nitrogen and oxygen atoms in total. The molecule has 0 amide bonds. The molecule has 0 saturated heterocycles. The van der Waals surface area contributed by atoms with Gasteiger partial charge in [0.15, 0.2) is 5.58 Å². The zero-order chi connectivity index (χ0) is 10.7. The lowest BCUT2D eigenvalue weighted by Crippen LogP contribution is -2.10. The van der Waals surface area contributed by atoms with Gasteiger partial charge in [0.25, 0.3) is 5.88 Å². The van der Waals surface area contributed by atoms with Crippen LogP contribution in [0.25, 0.3) is 11.0 Å². The molecular weight excluding hydrogens is 194 g/mol. The van der Waals surface area contributed by atoms with E-state index in [0.717, 1.165) is 0 Å². The normalized spacial score (nSPS) is 10.1. The second-order valence-corrected chi connectivity index (χ2v) is 2.92. The van der Waals surface area contributed by atoms with Crippen LogP contribution in [0, 0.1) is 11.3 Å². The number of nitrogens with zero attached hydrogens (tertiary/aromatic N) is 2. The largest absolute Gasteiger partial charge is 0.474 e. The minimum absolute atomic E-state index is 0.326. The molecule has 0 atom stereocenters. The first-order valence-electron chi connectivity index (χ1n) is 4.48. The van der Waals surface area contributed by atoms with Crippen molar-refractivity contribution in [1.29, 1.82) is 5.26 Å². The van der Waals surface area contributed by atoms with Gasteiger partial charge in [-0.05, 0) is 17.3 Å². The predicted octanol–water partition coefficient (Wildman–Crippen LogP) is 1.04. The summed E-state index contributed by atoms with van der Waals surface area (Å²) in [5, 5.41) is 13.2. The number of nitriles is 1. The molecule has 1 aromatic heterocycles. The van der Waals surface area contributed by atoms with Gasteiger partial charge in [-0.3, -0.25) is 0 Å². The average Bonchev–Trinajstić information content (AvgIpc) is 2.69. The Hall–Kier alpha value is -2.06. The van der Waals surface area contributed by atoms with Crippen LogP contribution < -0.4 is 10.5 Å². The van der Waals surface area contributed by atoms with Gasteiger partial charge in [-0.1, -0.05) is 6.07 Å². The quantitative estimate of drug-likeness (QED) is 0.805. The lowest BCUT2D eigenvalue weighted by molar-refractivity contribution is 0.293. The fourth-order valence-corrected chi connectivity index (χ4v) is 1.31. The zero-order valence-corrected chi connectivity index (χ0v) is 7.93. The fourth-order valence-electron chi connectivity index (χ4n) is 1.31. The van der Waals surface area contributed by atoms with Crippen molar-refractivity contribution in [3.63, 3.8) is 0 Å². The van der Waals surface area contributed by atoms with Crippen LogP contribution in [0.15, 0.2) is 22.7 Å². The summed E-state index contributed by atoms with van der Waals surface area (Å²) in [4.78, 5) is 0. The van der Waals surface area contributed by atoms with Gasteiger partial charge in [0.05, 0.1) is 5.56 Å². The highest BCUT2D eigenvalue weighted by Gasteiger charge is 2.12. The van der Waals surface area contributed by atoms with Crippen LogP contribution in [0.3, 0.4) is 0 Å². The summed E-state index contributed by atoms with van der Waals surface area (Å²) < 4.78 is 10.3. The molecule has 76 valence electrons. The summed E-state index contributed by atoms with van der Waals surface area (Å²) in [5.74, 6) is 0.326. The molecule has 2 aromatic rings. The first kappa shape index (κ1) is 9.49. The average molecular weight is 203 g/mol. The molecule has 0 spiro atoms. The molecule has 0 aliphatic carbocycles. The Morgan fingerprint density at radius 3 is 3.13 bits per heavy atom. The van der Waals surface area contributed by atoms with E-state index >= 15 is 0 Å². The van der Waals surface area contributed by atoms with E-state index in [1.165, 1.54) is 0 Å². The first-order valence-corrected chi connectivity index (χ1v) is 4.48. The van der Waals surface area contributed by atoms with Crippen LogP contribution in [-0.4, -0.2) is 18.3 Å². The Kier molecular flexibility index (Phi) is 2.52. The van der Waals surface area contributed by atoms with Crippen molar-refractivity contribution < 1.29 is 9.26 Å². The molecule has 2 N–H and O–H groups in total. The number of nitrogens with two attached hydrogens (primary N) is 1. The van der Waals surface area contributed by atoms with Crippen molar-refractivity contribution in [2.24, 2.45) is 5.73 Å². The molecule has 0 aliphatic rings. The molecule has 5 heteroatoms. The Morgan fingerprint density at radius 2 is 2.40 bits per heavy atom. The Labute approximate surface area is 86.0 Å². The molecule has 0 bridgehead atoms. The second-order valence-electron chi connectivity index (χ2n) is 2.92. The molecule has 0 radical (unpaired) electrons. The molecule has 0 unspecified atom stereocenters. The molecule has 1 aromatic carbocycles. The van der Waals surface area contributed by atoms with Crippen molar-refractivity contribution in [2.45, 2.75) is 0 Å². The smallest absolute Gasteiger partial charge is 0.263 e. The second kappa shape index (κ2) is 3.98. The minimum Gasteiger partial charge on any atom is -0.474 e. The van der Waals surface area contributed by atoms with Gasteiger partial charge in [-0.15, -0.1) is 0 Å².